The van der Waals surface area contributed by atoms with Gasteiger partial charge in [-0.2, -0.15) is 5.10 Å². The first-order valence-corrected chi connectivity index (χ1v) is 14.4. The highest BCUT2D eigenvalue weighted by Gasteiger charge is 2.55. The van der Waals surface area contributed by atoms with E-state index in [2.05, 4.69) is 56.5 Å². The van der Waals surface area contributed by atoms with Gasteiger partial charge in [0, 0.05) is 24.3 Å². The maximum Gasteiger partial charge on any atom is 0.249 e. The minimum absolute atomic E-state index is 0.00518. The number of aliphatic hydroxyl groups is 1. The van der Waals surface area contributed by atoms with E-state index in [1.54, 1.807) is 11.8 Å². The number of piperidine rings is 1. The first kappa shape index (κ1) is 27.4. The van der Waals surface area contributed by atoms with Crippen LogP contribution in [0, 0.1) is 31.6 Å². The molecule has 1 unspecified atom stereocenters. The molecule has 3 atom stereocenters. The van der Waals surface area contributed by atoms with Crippen molar-refractivity contribution in [2.24, 2.45) is 5.92 Å². The Hall–Kier alpha value is -3.15. The number of aliphatic hydroxyl groups excluding tert-OH is 1. The quantitative estimate of drug-likeness (QED) is 0.497. The van der Waals surface area contributed by atoms with Crippen LogP contribution in [0.15, 0.2) is 30.3 Å². The van der Waals surface area contributed by atoms with E-state index in [1.165, 1.54) is 5.56 Å². The summed E-state index contributed by atoms with van der Waals surface area (Å²) >= 11 is 0. The fourth-order valence-electron chi connectivity index (χ4n) is 7.01. The fourth-order valence-corrected chi connectivity index (χ4v) is 7.01. The number of hydrogen-bond acceptors (Lipinski definition) is 5. The molecule has 1 saturated carbocycles. The van der Waals surface area contributed by atoms with E-state index in [1.807, 2.05) is 19.9 Å². The molecule has 39 heavy (non-hydrogen) atoms. The molecule has 1 spiro atoms. The molecule has 2 aromatic rings. The number of piperazine rings is 1. The summed E-state index contributed by atoms with van der Waals surface area (Å²) in [4.78, 5) is 31.9. The molecule has 3 aliphatic rings. The number of likely N-dealkylation sites (tertiary alicyclic amines) is 1. The van der Waals surface area contributed by atoms with E-state index in [9.17, 15) is 14.7 Å². The van der Waals surface area contributed by atoms with Gasteiger partial charge in [0.25, 0.3) is 0 Å². The lowest BCUT2D eigenvalue weighted by molar-refractivity contribution is -0.165. The molecule has 5 rings (SSSR count). The third-order valence-electron chi connectivity index (χ3n) is 9.21. The minimum atomic E-state index is -0.970. The lowest BCUT2D eigenvalue weighted by Crippen LogP contribution is -2.75. The summed E-state index contributed by atoms with van der Waals surface area (Å²) in [5.74, 6) is 5.62. The van der Waals surface area contributed by atoms with Crippen molar-refractivity contribution in [3.63, 3.8) is 0 Å². The van der Waals surface area contributed by atoms with Gasteiger partial charge in [-0.1, -0.05) is 55.5 Å². The van der Waals surface area contributed by atoms with Crippen LogP contribution >= 0.6 is 0 Å². The number of carbonyl (C=O) groups is 2. The predicted octanol–water partition coefficient (Wildman–Crippen LogP) is 3.24. The third-order valence-corrected chi connectivity index (χ3v) is 9.21. The van der Waals surface area contributed by atoms with Crippen LogP contribution in [-0.2, 0) is 9.59 Å². The predicted molar refractivity (Wildman–Crippen MR) is 150 cm³/mol. The number of benzene rings is 1. The summed E-state index contributed by atoms with van der Waals surface area (Å²) in [5, 5.41) is 21.8. The molecule has 2 amide bonds. The number of carbonyl (C=O) groups excluding carboxylic acids is 2. The Morgan fingerprint density at radius 3 is 2.41 bits per heavy atom. The molecule has 1 aromatic heterocycles. The van der Waals surface area contributed by atoms with Crippen molar-refractivity contribution in [2.45, 2.75) is 89.4 Å². The fraction of sp³-hybridized carbons (Fsp3) is 0.581. The molecular formula is C31H41N5O3. The van der Waals surface area contributed by atoms with E-state index in [-0.39, 0.29) is 30.3 Å². The van der Waals surface area contributed by atoms with Gasteiger partial charge in [0.05, 0.1) is 24.4 Å². The molecule has 3 N–H and O–H groups in total. The molecule has 8 heteroatoms. The van der Waals surface area contributed by atoms with Crippen LogP contribution < -0.4 is 5.32 Å². The number of rotatable bonds is 6. The smallest absolute Gasteiger partial charge is 0.249 e. The molecule has 3 fully saturated rings. The molecule has 0 bridgehead atoms. The van der Waals surface area contributed by atoms with Gasteiger partial charge in [-0.3, -0.25) is 19.6 Å². The summed E-state index contributed by atoms with van der Waals surface area (Å²) in [6.07, 6.45) is 5.19. The van der Waals surface area contributed by atoms with Crippen molar-refractivity contribution in [2.75, 3.05) is 19.6 Å². The second kappa shape index (κ2) is 11.5. The molecule has 0 radical (unpaired) electrons. The highest BCUT2D eigenvalue weighted by Crippen LogP contribution is 2.40. The Kier molecular flexibility index (Phi) is 8.11. The van der Waals surface area contributed by atoms with Crippen LogP contribution in [0.5, 0.6) is 0 Å². The second-order valence-corrected chi connectivity index (χ2v) is 11.4. The third kappa shape index (κ3) is 5.10. The normalized spacial score (nSPS) is 23.7. The van der Waals surface area contributed by atoms with Crippen molar-refractivity contribution in [3.8, 4) is 11.8 Å². The molecule has 208 valence electrons. The monoisotopic (exact) mass is 531 g/mol. The van der Waals surface area contributed by atoms with Crippen molar-refractivity contribution >= 4 is 11.8 Å². The van der Waals surface area contributed by atoms with Crippen LogP contribution in [0.1, 0.15) is 80.4 Å². The van der Waals surface area contributed by atoms with Crippen LogP contribution in [0.4, 0.5) is 0 Å². The maximum atomic E-state index is 13.9. The lowest BCUT2D eigenvalue weighted by atomic mass is 9.77. The Balaban J connectivity index is 1.41. The number of hydrogen-bond donors (Lipinski definition) is 3. The number of aryl methyl sites for hydroxylation is 2. The summed E-state index contributed by atoms with van der Waals surface area (Å²) in [7, 11) is 0. The van der Waals surface area contributed by atoms with E-state index in [0.717, 1.165) is 49.1 Å². The van der Waals surface area contributed by atoms with Gasteiger partial charge in [-0.05, 0) is 57.9 Å². The maximum absolute atomic E-state index is 13.9. The number of aromatic nitrogens is 2. The zero-order chi connectivity index (χ0) is 27.6. The van der Waals surface area contributed by atoms with E-state index >= 15 is 0 Å². The minimum Gasteiger partial charge on any atom is -0.390 e. The summed E-state index contributed by atoms with van der Waals surface area (Å²) < 4.78 is 0. The Morgan fingerprint density at radius 2 is 1.79 bits per heavy atom. The molecule has 1 aliphatic carbocycles. The highest BCUT2D eigenvalue weighted by atomic mass is 16.3. The Morgan fingerprint density at radius 1 is 1.10 bits per heavy atom. The van der Waals surface area contributed by atoms with E-state index < -0.39 is 17.7 Å². The SMILES string of the molecule is CC#CCN1C(=O)[C@H]([C@@H](O)C2CCCCC2)NC(=O)C12CCN(C(c1ccccc1)c1c(C)n[nH]c1C)CC2. The van der Waals surface area contributed by atoms with Gasteiger partial charge in [0.1, 0.15) is 11.6 Å². The van der Waals surface area contributed by atoms with Crippen molar-refractivity contribution in [3.05, 3.63) is 52.8 Å². The zero-order valence-corrected chi connectivity index (χ0v) is 23.4. The summed E-state index contributed by atoms with van der Waals surface area (Å²) in [6, 6.07) is 9.48. The summed E-state index contributed by atoms with van der Waals surface area (Å²) in [6.45, 7) is 7.28. The van der Waals surface area contributed by atoms with Crippen LogP contribution in [0.3, 0.4) is 0 Å². The average Bonchev–Trinajstić information content (AvgIpc) is 3.30. The van der Waals surface area contributed by atoms with Gasteiger partial charge < -0.3 is 15.3 Å². The average molecular weight is 532 g/mol. The topological polar surface area (TPSA) is 102 Å². The van der Waals surface area contributed by atoms with Crippen molar-refractivity contribution in [1.29, 1.82) is 0 Å². The van der Waals surface area contributed by atoms with Crippen molar-refractivity contribution in [1.82, 2.24) is 25.3 Å². The first-order valence-electron chi connectivity index (χ1n) is 14.4. The first-order chi connectivity index (χ1) is 18.9. The van der Waals surface area contributed by atoms with Crippen LogP contribution in [0.2, 0.25) is 0 Å². The van der Waals surface area contributed by atoms with E-state index in [0.29, 0.717) is 25.9 Å². The molecule has 1 aromatic carbocycles. The number of nitrogens with zero attached hydrogens (tertiary/aromatic N) is 3. The van der Waals surface area contributed by atoms with Gasteiger partial charge in [-0.15, -0.1) is 5.92 Å². The Bertz CT molecular complexity index is 1210. The number of amides is 2. The number of aromatic amines is 1. The van der Waals surface area contributed by atoms with Gasteiger partial charge >= 0.3 is 0 Å². The van der Waals surface area contributed by atoms with Gasteiger partial charge in [-0.25, -0.2) is 0 Å². The standard InChI is InChI=1S/C31H41N5O3/c1-4-5-18-36-29(38)26(28(37)24-14-10-7-11-15-24)32-30(39)31(36)16-19-35(20-17-31)27(23-12-8-6-9-13-23)25-21(2)33-34-22(25)3/h6,8-9,12-13,24,26-28,37H,7,10-11,14-20H2,1-3H3,(H,32,39)(H,33,34)/t26-,27?,28-/m0/s1. The lowest BCUT2D eigenvalue weighted by Gasteiger charge is -2.53. The second-order valence-electron chi connectivity index (χ2n) is 11.4. The zero-order valence-electron chi connectivity index (χ0n) is 23.4. The summed E-state index contributed by atoms with van der Waals surface area (Å²) in [5.41, 5.74) is 3.36. The van der Waals surface area contributed by atoms with Crippen LogP contribution in [-0.4, -0.2) is 74.2 Å². The van der Waals surface area contributed by atoms with Gasteiger partial charge in [0.15, 0.2) is 0 Å². The van der Waals surface area contributed by atoms with Crippen LogP contribution in [0.25, 0.3) is 0 Å². The van der Waals surface area contributed by atoms with Crippen molar-refractivity contribution < 1.29 is 14.7 Å². The number of nitrogens with one attached hydrogen (secondary N) is 2. The van der Waals surface area contributed by atoms with E-state index in [4.69, 9.17) is 0 Å². The number of H-pyrrole nitrogens is 1. The molecule has 8 nitrogen and oxygen atoms in total. The largest absolute Gasteiger partial charge is 0.390 e. The molecule has 2 aliphatic heterocycles. The molecule has 2 saturated heterocycles. The molecule has 3 heterocycles. The Labute approximate surface area is 231 Å². The van der Waals surface area contributed by atoms with Gasteiger partial charge in [0.2, 0.25) is 11.8 Å². The highest BCUT2D eigenvalue weighted by molar-refractivity contribution is 6.00. The molecular weight excluding hydrogens is 490 g/mol.